The Morgan fingerprint density at radius 3 is 2.81 bits per heavy atom. The van der Waals surface area contributed by atoms with Crippen LogP contribution in [0.5, 0.6) is 0 Å². The molecule has 1 fully saturated rings. The summed E-state index contributed by atoms with van der Waals surface area (Å²) >= 11 is 4.36. The van der Waals surface area contributed by atoms with Crippen molar-refractivity contribution >= 4 is 45.3 Å². The minimum Gasteiger partial charge on any atom is -0.455 e. The number of carbonyl (C=O) groups excluding carboxylic acids is 2. The minimum atomic E-state index is -0.385. The molecule has 0 saturated heterocycles. The van der Waals surface area contributed by atoms with E-state index in [1.807, 2.05) is 5.40 Å². The number of nitrogens with zero attached hydrogens (tertiary/aromatic N) is 1. The molecule has 1 aliphatic rings. The zero-order valence-corrected chi connectivity index (χ0v) is 13.5. The van der Waals surface area contributed by atoms with Crippen LogP contribution in [0.15, 0.2) is 27.6 Å². The molecule has 0 radical (unpaired) electrons. The molecule has 0 aliphatic heterocycles. The molecule has 21 heavy (non-hydrogen) atoms. The molecule has 5 nitrogen and oxygen atoms in total. The summed E-state index contributed by atoms with van der Waals surface area (Å²) in [5.41, 5.74) is 0.571. The maximum absolute atomic E-state index is 11.7. The molecule has 110 valence electrons. The highest BCUT2D eigenvalue weighted by molar-refractivity contribution is 9.10. The third-order valence-electron chi connectivity index (χ3n) is 3.16. The van der Waals surface area contributed by atoms with Crippen LogP contribution in [-0.2, 0) is 14.3 Å². The predicted molar refractivity (Wildman–Crippen MR) is 82.5 cm³/mol. The molecule has 1 aliphatic carbocycles. The summed E-state index contributed by atoms with van der Waals surface area (Å²) in [4.78, 5) is 24.0. The van der Waals surface area contributed by atoms with Crippen LogP contribution in [0.25, 0.3) is 0 Å². The maximum atomic E-state index is 11.7. The lowest BCUT2D eigenvalue weighted by atomic mass is 9.86. The van der Waals surface area contributed by atoms with E-state index in [-0.39, 0.29) is 24.4 Å². The Morgan fingerprint density at radius 2 is 2.24 bits per heavy atom. The Hall–Kier alpha value is -1.52. The van der Waals surface area contributed by atoms with Crippen LogP contribution in [-0.4, -0.2) is 18.5 Å². The normalized spacial score (nSPS) is 13.9. The Bertz CT molecular complexity index is 596. The quantitative estimate of drug-likeness (QED) is 0.489. The zero-order chi connectivity index (χ0) is 15.2. The molecular formula is C14H13BrN2O3S. The summed E-state index contributed by atoms with van der Waals surface area (Å²) in [7, 11) is 0. The fourth-order valence-corrected chi connectivity index (χ4v) is 2.85. The Balaban J connectivity index is 1.84. The second kappa shape index (κ2) is 7.48. The lowest BCUT2D eigenvalue weighted by molar-refractivity contribution is -0.154. The van der Waals surface area contributed by atoms with Gasteiger partial charge in [-0.05, 0) is 58.7 Å². The number of nitrogens with one attached hydrogen (secondary N) is 1. The van der Waals surface area contributed by atoms with Gasteiger partial charge in [-0.25, -0.2) is 0 Å². The average molecular weight is 369 g/mol. The molecule has 1 aromatic carbocycles. The summed E-state index contributed by atoms with van der Waals surface area (Å²) in [5, 5.41) is 13.2. The van der Waals surface area contributed by atoms with Crippen LogP contribution < -0.4 is 5.32 Å². The highest BCUT2D eigenvalue weighted by atomic mass is 79.9. The molecule has 0 bridgehead atoms. The van der Waals surface area contributed by atoms with E-state index in [4.69, 9.17) is 10.00 Å². The van der Waals surface area contributed by atoms with Crippen molar-refractivity contribution in [1.82, 2.24) is 0 Å². The van der Waals surface area contributed by atoms with Crippen molar-refractivity contribution in [2.75, 3.05) is 11.9 Å². The Morgan fingerprint density at radius 1 is 1.48 bits per heavy atom. The number of nitriles is 1. The van der Waals surface area contributed by atoms with Crippen molar-refractivity contribution in [1.29, 1.82) is 5.26 Å². The van der Waals surface area contributed by atoms with E-state index in [1.165, 1.54) is 0 Å². The van der Waals surface area contributed by atoms with Crippen molar-refractivity contribution in [2.24, 2.45) is 5.92 Å². The first-order chi connectivity index (χ1) is 10.1. The maximum Gasteiger partial charge on any atom is 0.309 e. The first-order valence-electron chi connectivity index (χ1n) is 6.42. The van der Waals surface area contributed by atoms with Gasteiger partial charge < -0.3 is 10.1 Å². The SMILES string of the molecule is N#CSc1ccc(NC(=O)COC(=O)C2CCC2)c(Br)c1. The van der Waals surface area contributed by atoms with Crippen molar-refractivity contribution < 1.29 is 14.3 Å². The first kappa shape index (κ1) is 15.9. The van der Waals surface area contributed by atoms with Gasteiger partial charge in [0.25, 0.3) is 5.91 Å². The molecule has 7 heteroatoms. The number of amides is 1. The van der Waals surface area contributed by atoms with Gasteiger partial charge in [-0.15, -0.1) is 0 Å². The second-order valence-corrected chi connectivity index (χ2v) is 6.33. The monoisotopic (exact) mass is 368 g/mol. The van der Waals surface area contributed by atoms with Crippen molar-refractivity contribution in [3.63, 3.8) is 0 Å². The highest BCUT2D eigenvalue weighted by Gasteiger charge is 2.27. The van der Waals surface area contributed by atoms with E-state index >= 15 is 0 Å². The molecule has 2 rings (SSSR count). The van der Waals surface area contributed by atoms with E-state index < -0.39 is 0 Å². The van der Waals surface area contributed by atoms with Gasteiger partial charge in [0.15, 0.2) is 6.61 Å². The van der Waals surface area contributed by atoms with Gasteiger partial charge in [0.1, 0.15) is 5.40 Å². The number of hydrogen-bond acceptors (Lipinski definition) is 5. The van der Waals surface area contributed by atoms with Crippen LogP contribution in [0.2, 0.25) is 0 Å². The number of thioether (sulfide) groups is 1. The number of rotatable bonds is 5. The molecule has 1 aromatic rings. The van der Waals surface area contributed by atoms with Crippen LogP contribution >= 0.6 is 27.7 Å². The molecule has 0 unspecified atom stereocenters. The standard InChI is InChI=1S/C14H13BrN2O3S/c15-11-6-10(21-8-16)4-5-12(11)17-13(18)7-20-14(19)9-2-1-3-9/h4-6,9H,1-3,7H2,(H,17,18). The van der Waals surface area contributed by atoms with Crippen LogP contribution in [0.4, 0.5) is 5.69 Å². The van der Waals surface area contributed by atoms with Gasteiger partial charge in [-0.1, -0.05) is 6.42 Å². The third-order valence-corrected chi connectivity index (χ3v) is 4.40. The lowest BCUT2D eigenvalue weighted by Crippen LogP contribution is -2.28. The highest BCUT2D eigenvalue weighted by Crippen LogP contribution is 2.29. The number of anilines is 1. The number of carbonyl (C=O) groups is 2. The third kappa shape index (κ3) is 4.48. The van der Waals surface area contributed by atoms with E-state index in [0.29, 0.717) is 10.2 Å². The lowest BCUT2D eigenvalue weighted by Gasteiger charge is -2.22. The molecule has 0 atom stereocenters. The number of esters is 1. The fraction of sp³-hybridized carbons (Fsp3) is 0.357. The summed E-state index contributed by atoms with van der Waals surface area (Å²) in [6, 6.07) is 5.16. The van der Waals surface area contributed by atoms with Gasteiger partial charge in [0, 0.05) is 9.37 Å². The van der Waals surface area contributed by atoms with Gasteiger partial charge in [-0.2, -0.15) is 5.26 Å². The average Bonchev–Trinajstić information content (AvgIpc) is 2.38. The van der Waals surface area contributed by atoms with Gasteiger partial charge >= 0.3 is 5.97 Å². The number of thiocyanates is 1. The topological polar surface area (TPSA) is 79.2 Å². The summed E-state index contributed by atoms with van der Waals surface area (Å²) in [5.74, 6) is -0.716. The van der Waals surface area contributed by atoms with Gasteiger partial charge in [0.2, 0.25) is 0 Å². The van der Waals surface area contributed by atoms with Crippen molar-refractivity contribution in [2.45, 2.75) is 24.2 Å². The second-order valence-electron chi connectivity index (χ2n) is 4.62. The zero-order valence-electron chi connectivity index (χ0n) is 11.1. The number of hydrogen-bond donors (Lipinski definition) is 1. The molecular weight excluding hydrogens is 356 g/mol. The van der Waals surface area contributed by atoms with E-state index in [1.54, 1.807) is 18.2 Å². The molecule has 0 aromatic heterocycles. The summed E-state index contributed by atoms with van der Waals surface area (Å²) in [6.45, 7) is -0.281. The van der Waals surface area contributed by atoms with E-state index in [2.05, 4.69) is 21.2 Å². The minimum absolute atomic E-state index is 0.0353. The van der Waals surface area contributed by atoms with Crippen LogP contribution in [0.1, 0.15) is 19.3 Å². The number of halogens is 1. The van der Waals surface area contributed by atoms with Gasteiger partial charge in [-0.3, -0.25) is 9.59 Å². The molecule has 0 spiro atoms. The summed E-state index contributed by atoms with van der Waals surface area (Å²) < 4.78 is 5.64. The van der Waals surface area contributed by atoms with Crippen molar-refractivity contribution in [3.05, 3.63) is 22.7 Å². The molecule has 1 saturated carbocycles. The summed E-state index contributed by atoms with van der Waals surface area (Å²) in [6.07, 6.45) is 2.75. The molecule has 0 heterocycles. The van der Waals surface area contributed by atoms with Crippen LogP contribution in [0, 0.1) is 16.6 Å². The number of ether oxygens (including phenoxy) is 1. The Kier molecular flexibility index (Phi) is 5.65. The fourth-order valence-electron chi connectivity index (χ4n) is 1.80. The van der Waals surface area contributed by atoms with E-state index in [9.17, 15) is 9.59 Å². The van der Waals surface area contributed by atoms with Gasteiger partial charge in [0.05, 0.1) is 11.6 Å². The molecule has 1 N–H and O–H groups in total. The van der Waals surface area contributed by atoms with Crippen molar-refractivity contribution in [3.8, 4) is 5.40 Å². The van der Waals surface area contributed by atoms with Crippen LogP contribution in [0.3, 0.4) is 0 Å². The molecule has 1 amide bonds. The number of benzene rings is 1. The Labute approximate surface area is 135 Å². The first-order valence-corrected chi connectivity index (χ1v) is 8.03. The smallest absolute Gasteiger partial charge is 0.309 e. The predicted octanol–water partition coefficient (Wildman–Crippen LogP) is 3.30. The van der Waals surface area contributed by atoms with E-state index in [0.717, 1.165) is 35.9 Å². The largest absolute Gasteiger partial charge is 0.455 e.